The van der Waals surface area contributed by atoms with Crippen molar-refractivity contribution < 1.29 is 10.0 Å². The molecule has 0 amide bonds. The van der Waals surface area contributed by atoms with Gasteiger partial charge < -0.3 is 5.21 Å². The zero-order valence-corrected chi connectivity index (χ0v) is 11.3. The molecule has 2 rings (SSSR count). The van der Waals surface area contributed by atoms with E-state index >= 15 is 0 Å². The zero-order valence-electron chi connectivity index (χ0n) is 9.83. The molecule has 0 atom stereocenters. The van der Waals surface area contributed by atoms with Crippen LogP contribution in [-0.4, -0.2) is 26.6 Å². The maximum atomic E-state index is 12.2. The van der Waals surface area contributed by atoms with E-state index in [1.54, 1.807) is 0 Å². The van der Waals surface area contributed by atoms with Gasteiger partial charge >= 0.3 is 0 Å². The summed E-state index contributed by atoms with van der Waals surface area (Å²) in [5.74, 6) is -1.25. The Bertz CT molecular complexity index is 738. The van der Waals surface area contributed by atoms with E-state index in [-0.39, 0.29) is 10.7 Å². The van der Waals surface area contributed by atoms with Crippen molar-refractivity contribution in [2.45, 2.75) is 0 Å². The predicted octanol–water partition coefficient (Wildman–Crippen LogP) is 2.07. The first-order valence-corrected chi connectivity index (χ1v) is 6.07. The van der Waals surface area contributed by atoms with Crippen molar-refractivity contribution in [2.75, 3.05) is 0 Å². The Labute approximate surface area is 122 Å². The molecule has 20 heavy (non-hydrogen) atoms. The van der Waals surface area contributed by atoms with Crippen LogP contribution in [-0.2, 0) is 0 Å². The highest BCUT2D eigenvalue weighted by Crippen LogP contribution is 2.11. The largest absolute Gasteiger partial charge is 0.409 e. The Kier molecular flexibility index (Phi) is 4.16. The van der Waals surface area contributed by atoms with Crippen molar-refractivity contribution in [1.82, 2.24) is 9.78 Å². The molecule has 0 spiro atoms. The van der Waals surface area contributed by atoms with Gasteiger partial charge in [0.2, 0.25) is 11.6 Å². The van der Waals surface area contributed by atoms with Gasteiger partial charge in [-0.1, -0.05) is 28.4 Å². The second-order valence-corrected chi connectivity index (χ2v) is 4.49. The lowest BCUT2D eigenvalue weighted by atomic mass is 10.1. The summed E-state index contributed by atoms with van der Waals surface area (Å²) in [5.41, 5.74) is -0.458. The molecular formula is C12H7Cl2N3O3. The normalized spacial score (nSPS) is 11.4. The molecule has 1 N–H and O–H groups in total. The lowest BCUT2D eigenvalue weighted by Gasteiger charge is -2.05. The van der Waals surface area contributed by atoms with E-state index in [0.717, 1.165) is 6.07 Å². The van der Waals surface area contributed by atoms with Crippen LogP contribution in [0.5, 0.6) is 0 Å². The molecule has 2 aromatic rings. The van der Waals surface area contributed by atoms with E-state index in [1.807, 2.05) is 0 Å². The molecule has 0 bridgehead atoms. The molecule has 0 unspecified atom stereocenters. The summed E-state index contributed by atoms with van der Waals surface area (Å²) in [5, 5.41) is 15.9. The van der Waals surface area contributed by atoms with Gasteiger partial charge in [0.15, 0.2) is 0 Å². The molecule has 1 aromatic heterocycles. The minimum absolute atomic E-state index is 0.0188. The number of Topliss-reactive ketones (excluding diaryl/α,β-unsaturated/α-hetero) is 1. The summed E-state index contributed by atoms with van der Waals surface area (Å²) in [6.07, 6.45) is 0. The van der Waals surface area contributed by atoms with Crippen LogP contribution in [0.2, 0.25) is 10.2 Å². The molecule has 0 radical (unpaired) electrons. The number of hydrogen-bond donors (Lipinski definition) is 1. The summed E-state index contributed by atoms with van der Waals surface area (Å²) in [6.45, 7) is 0. The molecule has 6 nitrogen and oxygen atoms in total. The Morgan fingerprint density at radius 3 is 2.40 bits per heavy atom. The number of nitrogens with zero attached hydrogens (tertiary/aromatic N) is 3. The predicted molar refractivity (Wildman–Crippen MR) is 73.9 cm³/mol. The first kappa shape index (κ1) is 14.2. The van der Waals surface area contributed by atoms with Gasteiger partial charge in [-0.25, -0.2) is 0 Å². The van der Waals surface area contributed by atoms with Gasteiger partial charge in [-0.3, -0.25) is 9.59 Å². The lowest BCUT2D eigenvalue weighted by molar-refractivity contribution is 0.105. The monoisotopic (exact) mass is 311 g/mol. The highest BCUT2D eigenvalue weighted by molar-refractivity contribution is 6.45. The van der Waals surface area contributed by atoms with Crippen LogP contribution in [0.25, 0.3) is 0 Å². The second-order valence-electron chi connectivity index (χ2n) is 3.67. The molecule has 0 fully saturated rings. The highest BCUT2D eigenvalue weighted by atomic mass is 35.5. The SMILES string of the molecule is O=C(/C(=N/O)n1nc(Cl)ccc1=O)c1ccc(Cl)cc1. The molecule has 0 saturated carbocycles. The number of aromatic nitrogens is 2. The van der Waals surface area contributed by atoms with Crippen molar-refractivity contribution in [3.05, 3.63) is 62.5 Å². The third kappa shape index (κ3) is 2.87. The standard InChI is InChI=1S/C12H7Cl2N3O3/c13-8-3-1-7(2-4-8)11(19)12(16-20)17-10(18)6-5-9(14)15-17/h1-6,20H/b16-12-. The Hall–Kier alpha value is -2.18. The molecule has 102 valence electrons. The van der Waals surface area contributed by atoms with Gasteiger partial charge in [0, 0.05) is 16.7 Å². The molecular weight excluding hydrogens is 305 g/mol. The zero-order chi connectivity index (χ0) is 14.7. The van der Waals surface area contributed by atoms with Gasteiger partial charge in [0.1, 0.15) is 5.15 Å². The average molecular weight is 312 g/mol. The van der Waals surface area contributed by atoms with Crippen molar-refractivity contribution in [2.24, 2.45) is 5.16 Å². The smallest absolute Gasteiger partial charge is 0.273 e. The Morgan fingerprint density at radius 1 is 1.15 bits per heavy atom. The minimum Gasteiger partial charge on any atom is -0.409 e. The summed E-state index contributed by atoms with van der Waals surface area (Å²) in [7, 11) is 0. The number of carbonyl (C=O) groups excluding carboxylic acids is 1. The molecule has 0 aliphatic heterocycles. The van der Waals surface area contributed by atoms with Crippen molar-refractivity contribution in [3.8, 4) is 0 Å². The van der Waals surface area contributed by atoms with E-state index in [9.17, 15) is 9.59 Å². The summed E-state index contributed by atoms with van der Waals surface area (Å²) < 4.78 is 0.624. The fraction of sp³-hybridized carbons (Fsp3) is 0. The van der Waals surface area contributed by atoms with Crippen LogP contribution in [0, 0.1) is 0 Å². The summed E-state index contributed by atoms with van der Waals surface area (Å²) in [4.78, 5) is 23.8. The number of hydrogen-bond acceptors (Lipinski definition) is 5. The van der Waals surface area contributed by atoms with Gasteiger partial charge in [0.25, 0.3) is 5.56 Å². The maximum absolute atomic E-state index is 12.2. The fourth-order valence-corrected chi connectivity index (χ4v) is 1.72. The molecule has 0 aliphatic carbocycles. The van der Waals surface area contributed by atoms with Gasteiger partial charge in [-0.05, 0) is 30.3 Å². The van der Waals surface area contributed by atoms with Crippen LogP contribution in [0.1, 0.15) is 10.4 Å². The van der Waals surface area contributed by atoms with Crippen molar-refractivity contribution in [1.29, 1.82) is 0 Å². The number of benzene rings is 1. The van der Waals surface area contributed by atoms with Crippen LogP contribution in [0.3, 0.4) is 0 Å². The molecule has 1 aromatic carbocycles. The minimum atomic E-state index is -0.693. The van der Waals surface area contributed by atoms with E-state index < -0.39 is 17.2 Å². The summed E-state index contributed by atoms with van der Waals surface area (Å²) >= 11 is 11.4. The van der Waals surface area contributed by atoms with Gasteiger partial charge in [0.05, 0.1) is 0 Å². The van der Waals surface area contributed by atoms with Crippen LogP contribution >= 0.6 is 23.2 Å². The number of ketones is 1. The second kappa shape index (κ2) is 5.85. The quantitative estimate of drug-likeness (QED) is 0.302. The van der Waals surface area contributed by atoms with Crippen molar-refractivity contribution in [3.63, 3.8) is 0 Å². The van der Waals surface area contributed by atoms with Crippen molar-refractivity contribution >= 4 is 34.8 Å². The van der Waals surface area contributed by atoms with Crippen LogP contribution in [0.15, 0.2) is 46.3 Å². The summed E-state index contributed by atoms with van der Waals surface area (Å²) in [6, 6.07) is 8.24. The third-order valence-corrected chi connectivity index (χ3v) is 2.83. The van der Waals surface area contributed by atoms with E-state index in [0.29, 0.717) is 9.70 Å². The number of carbonyl (C=O) groups is 1. The van der Waals surface area contributed by atoms with E-state index in [1.165, 1.54) is 30.3 Å². The van der Waals surface area contributed by atoms with Crippen LogP contribution in [0.4, 0.5) is 0 Å². The number of rotatable bonds is 2. The van der Waals surface area contributed by atoms with E-state index in [2.05, 4.69) is 10.3 Å². The fourth-order valence-electron chi connectivity index (χ4n) is 1.45. The molecule has 1 heterocycles. The first-order chi connectivity index (χ1) is 9.52. The molecule has 8 heteroatoms. The average Bonchev–Trinajstić information content (AvgIpc) is 2.44. The van der Waals surface area contributed by atoms with Gasteiger partial charge in [-0.15, -0.1) is 0 Å². The van der Waals surface area contributed by atoms with Crippen LogP contribution < -0.4 is 5.56 Å². The topological polar surface area (TPSA) is 84.5 Å². The Morgan fingerprint density at radius 2 is 1.80 bits per heavy atom. The molecule has 0 saturated heterocycles. The highest BCUT2D eigenvalue weighted by Gasteiger charge is 2.19. The van der Waals surface area contributed by atoms with Gasteiger partial charge in [-0.2, -0.15) is 9.78 Å². The lowest BCUT2D eigenvalue weighted by Crippen LogP contribution is -2.34. The molecule has 0 aliphatic rings. The number of oxime groups is 1. The Balaban J connectivity index is 2.48. The first-order valence-electron chi connectivity index (χ1n) is 5.31. The maximum Gasteiger partial charge on any atom is 0.273 e. The number of halogens is 2. The van der Waals surface area contributed by atoms with E-state index in [4.69, 9.17) is 28.4 Å². The third-order valence-electron chi connectivity index (χ3n) is 2.37.